The standard InChI is InChI=1S/C43H44F2N8O4/c1-50(2)43(57)36-23-33-31(22-32(40(45)41(33)48-36)29-5-3-16-52(25-29)39(55)14-20-53-17-4-15-47-53)28-6-9-35(46-24-28)26-12-18-51(19-13-26)37-10-7-27(21-34(37)44)30-8-11-38(54)49-42(30)56/h4-7,9-10,15,17,21-24,26,30,48H,3,8,11-14,16,18-20,25H2,1-2H3,(H,49,54,56). The number of hydrogen-bond acceptors (Lipinski definition) is 7. The van der Waals surface area contributed by atoms with E-state index in [-0.39, 0.29) is 60.1 Å². The predicted octanol–water partition coefficient (Wildman–Crippen LogP) is 6.02. The van der Waals surface area contributed by atoms with Gasteiger partial charge in [0.1, 0.15) is 11.5 Å². The third-order valence-corrected chi connectivity index (χ3v) is 11.4. The second-order valence-corrected chi connectivity index (χ2v) is 15.3. The third kappa shape index (κ3) is 7.68. The predicted molar refractivity (Wildman–Crippen MR) is 211 cm³/mol. The molecule has 2 saturated heterocycles. The number of carbonyl (C=O) groups excluding carboxylic acids is 4. The Morgan fingerprint density at radius 3 is 2.51 bits per heavy atom. The summed E-state index contributed by atoms with van der Waals surface area (Å²) in [4.78, 5) is 63.3. The Balaban J connectivity index is 1.01. The Morgan fingerprint density at radius 2 is 1.81 bits per heavy atom. The van der Waals surface area contributed by atoms with Gasteiger partial charge in [-0.3, -0.25) is 34.2 Å². The van der Waals surface area contributed by atoms with E-state index in [1.165, 1.54) is 11.0 Å². The summed E-state index contributed by atoms with van der Waals surface area (Å²) in [6.45, 7) is 2.49. The van der Waals surface area contributed by atoms with E-state index in [2.05, 4.69) is 15.4 Å². The molecule has 0 bridgehead atoms. The maximum Gasteiger partial charge on any atom is 0.269 e. The summed E-state index contributed by atoms with van der Waals surface area (Å²) in [5, 5.41) is 7.08. The van der Waals surface area contributed by atoms with Crippen molar-refractivity contribution in [1.29, 1.82) is 0 Å². The van der Waals surface area contributed by atoms with Crippen molar-refractivity contribution in [3.05, 3.63) is 107 Å². The second kappa shape index (κ2) is 15.8. The van der Waals surface area contributed by atoms with Crippen LogP contribution in [-0.4, -0.2) is 93.5 Å². The first-order chi connectivity index (χ1) is 27.5. The first kappa shape index (κ1) is 37.7. The zero-order chi connectivity index (χ0) is 39.8. The van der Waals surface area contributed by atoms with Crippen LogP contribution in [0.25, 0.3) is 27.6 Å². The molecule has 0 saturated carbocycles. The van der Waals surface area contributed by atoms with Gasteiger partial charge in [-0.25, -0.2) is 8.78 Å². The molecular formula is C43H44F2N8O4. The molecule has 14 heteroatoms. The molecule has 0 radical (unpaired) electrons. The fraction of sp³-hybridized carbons (Fsp3) is 0.349. The van der Waals surface area contributed by atoms with Gasteiger partial charge >= 0.3 is 0 Å². The summed E-state index contributed by atoms with van der Waals surface area (Å²) in [5.41, 5.74) is 4.96. The van der Waals surface area contributed by atoms with Gasteiger partial charge in [0.2, 0.25) is 17.7 Å². The quantitative estimate of drug-likeness (QED) is 0.175. The van der Waals surface area contributed by atoms with Gasteiger partial charge < -0.3 is 19.7 Å². The number of nitrogens with zero attached hydrogens (tertiary/aromatic N) is 6. The number of piperidine rings is 2. The number of hydrogen-bond donors (Lipinski definition) is 2. The maximum atomic E-state index is 16.5. The van der Waals surface area contributed by atoms with Crippen LogP contribution < -0.4 is 10.2 Å². The van der Waals surface area contributed by atoms with Gasteiger partial charge in [-0.2, -0.15) is 5.10 Å². The van der Waals surface area contributed by atoms with Crippen LogP contribution in [0.2, 0.25) is 0 Å². The van der Waals surface area contributed by atoms with Crippen LogP contribution in [0.15, 0.2) is 73.2 Å². The molecule has 5 aromatic rings. The van der Waals surface area contributed by atoms with E-state index >= 15 is 8.78 Å². The molecule has 57 heavy (non-hydrogen) atoms. The van der Waals surface area contributed by atoms with Crippen molar-refractivity contribution < 1.29 is 28.0 Å². The lowest BCUT2D eigenvalue weighted by atomic mass is 9.89. The number of nitrogens with one attached hydrogen (secondary N) is 2. The zero-order valence-electron chi connectivity index (χ0n) is 31.9. The monoisotopic (exact) mass is 774 g/mol. The minimum absolute atomic E-state index is 0.0324. The fourth-order valence-corrected chi connectivity index (χ4v) is 8.27. The Hall–Kier alpha value is -6.18. The molecule has 8 rings (SSSR count). The topological polar surface area (TPSA) is 137 Å². The van der Waals surface area contributed by atoms with Gasteiger partial charge in [-0.15, -0.1) is 0 Å². The third-order valence-electron chi connectivity index (χ3n) is 11.4. The summed E-state index contributed by atoms with van der Waals surface area (Å²) in [5.74, 6) is -2.28. The molecule has 2 fully saturated rings. The van der Waals surface area contributed by atoms with Gasteiger partial charge in [-0.05, 0) is 78.8 Å². The molecule has 0 aliphatic carbocycles. The summed E-state index contributed by atoms with van der Waals surface area (Å²) in [6, 6.07) is 14.2. The maximum absolute atomic E-state index is 16.5. The molecule has 3 aliphatic heterocycles. The number of imide groups is 1. The second-order valence-electron chi connectivity index (χ2n) is 15.3. The SMILES string of the molecule is CN(C)C(=O)c1cc2c(-c3ccc(C4CCN(c5ccc(C6CCC(=O)NC6=O)cc5F)CC4)nc3)cc(C3=CCCN(C(=O)CCn4cccn4)C3)c(F)c2[nH]1. The van der Waals surface area contributed by atoms with E-state index in [4.69, 9.17) is 4.98 Å². The van der Waals surface area contributed by atoms with Crippen molar-refractivity contribution in [1.82, 2.24) is 34.9 Å². The number of aryl methyl sites for hydroxylation is 1. The minimum atomic E-state index is -0.544. The molecule has 4 amide bonds. The molecule has 2 N–H and O–H groups in total. The van der Waals surface area contributed by atoms with Crippen molar-refractivity contribution >= 4 is 45.8 Å². The van der Waals surface area contributed by atoms with Crippen LogP contribution in [0.1, 0.15) is 77.7 Å². The first-order valence-corrected chi connectivity index (χ1v) is 19.4. The molecule has 3 aliphatic rings. The van der Waals surface area contributed by atoms with E-state index in [1.54, 1.807) is 60.3 Å². The van der Waals surface area contributed by atoms with E-state index in [1.807, 2.05) is 35.4 Å². The summed E-state index contributed by atoms with van der Waals surface area (Å²) in [7, 11) is 3.29. The number of carbonyl (C=O) groups is 4. The number of benzene rings is 2. The number of halogens is 2. The fourth-order valence-electron chi connectivity index (χ4n) is 8.27. The Bertz CT molecular complexity index is 2380. The number of aromatic nitrogens is 4. The van der Waals surface area contributed by atoms with Crippen LogP contribution in [0, 0.1) is 11.6 Å². The molecule has 1 unspecified atom stereocenters. The lowest BCUT2D eigenvalue weighted by Crippen LogP contribution is -2.39. The Morgan fingerprint density at radius 1 is 0.982 bits per heavy atom. The molecule has 2 aromatic carbocycles. The Labute approximate surface area is 328 Å². The van der Waals surface area contributed by atoms with Gasteiger partial charge in [0.25, 0.3) is 5.91 Å². The van der Waals surface area contributed by atoms with E-state index in [0.29, 0.717) is 72.4 Å². The summed E-state index contributed by atoms with van der Waals surface area (Å²) < 4.78 is 33.6. The van der Waals surface area contributed by atoms with E-state index in [9.17, 15) is 19.2 Å². The zero-order valence-corrected chi connectivity index (χ0v) is 31.9. The highest BCUT2D eigenvalue weighted by Gasteiger charge is 2.30. The number of amides is 4. The van der Waals surface area contributed by atoms with Gasteiger partial charge in [-0.1, -0.05) is 18.2 Å². The lowest BCUT2D eigenvalue weighted by Gasteiger charge is -2.34. The summed E-state index contributed by atoms with van der Waals surface area (Å²) >= 11 is 0. The van der Waals surface area contributed by atoms with Gasteiger partial charge in [0.15, 0.2) is 5.82 Å². The van der Waals surface area contributed by atoms with E-state index < -0.39 is 17.6 Å². The average molecular weight is 775 g/mol. The normalized spacial score (nSPS) is 17.8. The van der Waals surface area contributed by atoms with Crippen molar-refractivity contribution in [3.63, 3.8) is 0 Å². The van der Waals surface area contributed by atoms with Crippen LogP contribution >= 0.6 is 0 Å². The van der Waals surface area contributed by atoms with Gasteiger partial charge in [0, 0.05) is 106 Å². The molecule has 1 atom stereocenters. The lowest BCUT2D eigenvalue weighted by molar-refractivity contribution is -0.134. The largest absolute Gasteiger partial charge is 0.369 e. The summed E-state index contributed by atoms with van der Waals surface area (Å²) in [6.07, 6.45) is 10.2. The highest BCUT2D eigenvalue weighted by Crippen LogP contribution is 2.38. The van der Waals surface area contributed by atoms with Crippen LogP contribution in [0.5, 0.6) is 0 Å². The van der Waals surface area contributed by atoms with Crippen molar-refractivity contribution in [3.8, 4) is 11.1 Å². The van der Waals surface area contributed by atoms with Crippen molar-refractivity contribution in [2.24, 2.45) is 0 Å². The van der Waals surface area contributed by atoms with E-state index in [0.717, 1.165) is 24.1 Å². The van der Waals surface area contributed by atoms with Gasteiger partial charge in [0.05, 0.1) is 17.1 Å². The number of H-pyrrole nitrogens is 1. The number of pyridine rings is 1. The first-order valence-electron chi connectivity index (χ1n) is 19.4. The highest BCUT2D eigenvalue weighted by molar-refractivity contribution is 6.04. The van der Waals surface area contributed by atoms with Crippen LogP contribution in [-0.2, 0) is 20.9 Å². The highest BCUT2D eigenvalue weighted by atomic mass is 19.1. The molecular weight excluding hydrogens is 731 g/mol. The van der Waals surface area contributed by atoms with Crippen molar-refractivity contribution in [2.45, 2.75) is 56.9 Å². The van der Waals surface area contributed by atoms with Crippen LogP contribution in [0.4, 0.5) is 14.5 Å². The molecule has 3 aromatic heterocycles. The minimum Gasteiger partial charge on any atom is -0.369 e. The molecule has 0 spiro atoms. The number of fused-ring (bicyclic) bond motifs is 1. The molecule has 12 nitrogen and oxygen atoms in total. The van der Waals surface area contributed by atoms with Crippen LogP contribution in [0.3, 0.4) is 0 Å². The van der Waals surface area contributed by atoms with Crippen molar-refractivity contribution in [2.75, 3.05) is 45.2 Å². The average Bonchev–Trinajstić information content (AvgIpc) is 3.92. The molecule has 6 heterocycles. The Kier molecular flexibility index (Phi) is 10.4. The number of aromatic amines is 1. The molecule has 294 valence electrons. The number of rotatable bonds is 9. The number of anilines is 1. The smallest absolute Gasteiger partial charge is 0.269 e.